The summed E-state index contributed by atoms with van der Waals surface area (Å²) in [6, 6.07) is 12.9. The number of amides is 1. The molecule has 122 valence electrons. The molecular formula is C18H19F2NO2. The minimum Gasteiger partial charge on any atom is -0.384 e. The zero-order valence-corrected chi connectivity index (χ0v) is 12.9. The first-order valence-electron chi connectivity index (χ1n) is 7.37. The lowest BCUT2D eigenvalue weighted by Gasteiger charge is -2.24. The number of nitrogens with one attached hydrogen (secondary N) is 1. The second-order valence-electron chi connectivity index (χ2n) is 5.63. The number of hydrogen-bond donors (Lipinski definition) is 2. The molecule has 23 heavy (non-hydrogen) atoms. The van der Waals surface area contributed by atoms with E-state index in [4.69, 9.17) is 0 Å². The Balaban J connectivity index is 1.87. The highest BCUT2D eigenvalue weighted by Gasteiger charge is 2.23. The second kappa shape index (κ2) is 7.33. The molecule has 0 saturated heterocycles. The second-order valence-corrected chi connectivity index (χ2v) is 5.63. The van der Waals surface area contributed by atoms with Crippen molar-refractivity contribution >= 4 is 5.91 Å². The van der Waals surface area contributed by atoms with E-state index in [1.807, 2.05) is 6.07 Å². The van der Waals surface area contributed by atoms with Crippen LogP contribution in [0.4, 0.5) is 8.78 Å². The molecule has 0 aliphatic rings. The molecule has 0 spiro atoms. The Labute approximate surface area is 134 Å². The molecule has 1 amide bonds. The Kier molecular flexibility index (Phi) is 5.45. The van der Waals surface area contributed by atoms with Gasteiger partial charge in [-0.05, 0) is 30.5 Å². The van der Waals surface area contributed by atoms with E-state index in [-0.39, 0.29) is 30.9 Å². The van der Waals surface area contributed by atoms with Crippen molar-refractivity contribution < 1.29 is 18.7 Å². The van der Waals surface area contributed by atoms with Crippen molar-refractivity contribution in [3.8, 4) is 0 Å². The van der Waals surface area contributed by atoms with E-state index in [0.29, 0.717) is 5.56 Å². The smallest absolute Gasteiger partial charge is 0.220 e. The van der Waals surface area contributed by atoms with Crippen LogP contribution in [0, 0.1) is 11.6 Å². The average molecular weight is 319 g/mol. The molecular weight excluding hydrogens is 300 g/mol. The van der Waals surface area contributed by atoms with Gasteiger partial charge in [-0.1, -0.05) is 42.5 Å². The van der Waals surface area contributed by atoms with E-state index < -0.39 is 17.2 Å². The van der Waals surface area contributed by atoms with Crippen molar-refractivity contribution in [2.24, 2.45) is 0 Å². The summed E-state index contributed by atoms with van der Waals surface area (Å²) in [6.07, 6.45) is 0.119. The predicted octanol–water partition coefficient (Wildman–Crippen LogP) is 2.92. The fourth-order valence-electron chi connectivity index (χ4n) is 2.25. The van der Waals surface area contributed by atoms with Gasteiger partial charge >= 0.3 is 0 Å². The molecule has 0 aliphatic heterocycles. The van der Waals surface area contributed by atoms with Crippen LogP contribution in [-0.4, -0.2) is 17.6 Å². The van der Waals surface area contributed by atoms with Crippen molar-refractivity contribution in [3.05, 3.63) is 71.3 Å². The number of halogens is 2. The highest BCUT2D eigenvalue weighted by Crippen LogP contribution is 2.19. The molecule has 2 aromatic carbocycles. The Morgan fingerprint density at radius 3 is 2.52 bits per heavy atom. The van der Waals surface area contributed by atoms with Gasteiger partial charge in [-0.3, -0.25) is 4.79 Å². The van der Waals surface area contributed by atoms with Gasteiger partial charge in [-0.15, -0.1) is 0 Å². The van der Waals surface area contributed by atoms with Crippen molar-refractivity contribution in [1.82, 2.24) is 5.32 Å². The van der Waals surface area contributed by atoms with Gasteiger partial charge in [0.25, 0.3) is 0 Å². The van der Waals surface area contributed by atoms with Crippen LogP contribution in [-0.2, 0) is 16.8 Å². The Bertz CT molecular complexity index is 672. The van der Waals surface area contributed by atoms with Crippen LogP contribution in [0.1, 0.15) is 24.5 Å². The van der Waals surface area contributed by atoms with Gasteiger partial charge in [0.05, 0.1) is 6.54 Å². The lowest BCUT2D eigenvalue weighted by atomic mass is 9.96. The molecule has 2 N–H and O–H groups in total. The Hall–Kier alpha value is -2.27. The van der Waals surface area contributed by atoms with Gasteiger partial charge in [-0.2, -0.15) is 0 Å². The number of carbonyl (C=O) groups excluding carboxylic acids is 1. The molecule has 2 aromatic rings. The fraction of sp³-hybridized carbons (Fsp3) is 0.278. The van der Waals surface area contributed by atoms with E-state index in [9.17, 15) is 18.7 Å². The summed E-state index contributed by atoms with van der Waals surface area (Å²) < 4.78 is 26.6. The molecule has 3 nitrogen and oxygen atoms in total. The first-order valence-corrected chi connectivity index (χ1v) is 7.37. The van der Waals surface area contributed by atoms with Crippen molar-refractivity contribution in [2.75, 3.05) is 6.54 Å². The van der Waals surface area contributed by atoms with Gasteiger partial charge in [0.1, 0.15) is 5.60 Å². The number of rotatable bonds is 6. The lowest BCUT2D eigenvalue weighted by Crippen LogP contribution is -2.38. The third kappa shape index (κ3) is 4.60. The van der Waals surface area contributed by atoms with E-state index in [1.165, 1.54) is 12.1 Å². The SMILES string of the molecule is CC(O)(CNC(=O)CCc1cccc(F)c1F)c1ccccc1. The largest absolute Gasteiger partial charge is 0.384 e. The summed E-state index contributed by atoms with van der Waals surface area (Å²) in [5.41, 5.74) is -0.340. The highest BCUT2D eigenvalue weighted by atomic mass is 19.2. The summed E-state index contributed by atoms with van der Waals surface area (Å²) in [5, 5.41) is 13.0. The fourth-order valence-corrected chi connectivity index (χ4v) is 2.25. The number of aryl methyl sites for hydroxylation is 1. The quantitative estimate of drug-likeness (QED) is 0.860. The van der Waals surface area contributed by atoms with Crippen molar-refractivity contribution in [1.29, 1.82) is 0 Å². The van der Waals surface area contributed by atoms with Gasteiger partial charge < -0.3 is 10.4 Å². The molecule has 0 fully saturated rings. The summed E-state index contributed by atoms with van der Waals surface area (Å²) in [5.74, 6) is -2.17. The van der Waals surface area contributed by atoms with Crippen LogP contribution < -0.4 is 5.32 Å². The molecule has 0 aromatic heterocycles. The van der Waals surface area contributed by atoms with Gasteiger partial charge in [-0.25, -0.2) is 8.78 Å². The number of hydrogen-bond acceptors (Lipinski definition) is 2. The Morgan fingerprint density at radius 2 is 1.83 bits per heavy atom. The Morgan fingerprint density at radius 1 is 1.13 bits per heavy atom. The number of carbonyl (C=O) groups is 1. The maximum absolute atomic E-state index is 13.5. The maximum atomic E-state index is 13.5. The van der Waals surface area contributed by atoms with Crippen LogP contribution in [0.2, 0.25) is 0 Å². The van der Waals surface area contributed by atoms with E-state index in [2.05, 4.69) is 5.32 Å². The van der Waals surface area contributed by atoms with Crippen LogP contribution in [0.5, 0.6) is 0 Å². The van der Waals surface area contributed by atoms with Gasteiger partial charge in [0.2, 0.25) is 5.91 Å². The lowest BCUT2D eigenvalue weighted by molar-refractivity contribution is -0.122. The summed E-state index contributed by atoms with van der Waals surface area (Å²) in [4.78, 5) is 11.9. The van der Waals surface area contributed by atoms with E-state index in [1.54, 1.807) is 31.2 Å². The average Bonchev–Trinajstić information content (AvgIpc) is 2.55. The summed E-state index contributed by atoms with van der Waals surface area (Å²) >= 11 is 0. The predicted molar refractivity (Wildman–Crippen MR) is 83.7 cm³/mol. The molecule has 5 heteroatoms. The molecule has 1 atom stereocenters. The van der Waals surface area contributed by atoms with E-state index in [0.717, 1.165) is 6.07 Å². The van der Waals surface area contributed by atoms with Crippen LogP contribution in [0.15, 0.2) is 48.5 Å². The summed E-state index contributed by atoms with van der Waals surface area (Å²) in [6.45, 7) is 1.65. The normalized spacial score (nSPS) is 13.4. The molecule has 0 saturated carbocycles. The first kappa shape index (κ1) is 17.1. The monoisotopic (exact) mass is 319 g/mol. The third-order valence-corrected chi connectivity index (χ3v) is 3.68. The van der Waals surface area contributed by atoms with Crippen LogP contribution >= 0.6 is 0 Å². The zero-order valence-electron chi connectivity index (χ0n) is 12.9. The van der Waals surface area contributed by atoms with Gasteiger partial charge in [0, 0.05) is 6.42 Å². The molecule has 0 aliphatic carbocycles. The molecule has 1 unspecified atom stereocenters. The highest BCUT2D eigenvalue weighted by molar-refractivity contribution is 5.76. The minimum absolute atomic E-state index is 0.0191. The van der Waals surface area contributed by atoms with Gasteiger partial charge in [0.15, 0.2) is 11.6 Å². The van der Waals surface area contributed by atoms with E-state index >= 15 is 0 Å². The molecule has 0 radical (unpaired) electrons. The van der Waals surface area contributed by atoms with Crippen LogP contribution in [0.3, 0.4) is 0 Å². The topological polar surface area (TPSA) is 49.3 Å². The zero-order chi connectivity index (χ0) is 16.9. The van der Waals surface area contributed by atoms with Crippen molar-refractivity contribution in [3.63, 3.8) is 0 Å². The maximum Gasteiger partial charge on any atom is 0.220 e. The molecule has 2 rings (SSSR count). The first-order chi connectivity index (χ1) is 10.9. The minimum atomic E-state index is -1.19. The van der Waals surface area contributed by atoms with Crippen LogP contribution in [0.25, 0.3) is 0 Å². The number of benzene rings is 2. The molecule has 0 bridgehead atoms. The number of aliphatic hydroxyl groups is 1. The summed E-state index contributed by atoms with van der Waals surface area (Å²) in [7, 11) is 0. The van der Waals surface area contributed by atoms with Crippen molar-refractivity contribution in [2.45, 2.75) is 25.4 Å². The molecule has 0 heterocycles. The standard InChI is InChI=1S/C18H19F2NO2/c1-18(23,14-7-3-2-4-8-14)12-21-16(22)11-10-13-6-5-9-15(19)17(13)20/h2-9,23H,10-12H2,1H3,(H,21,22). The third-order valence-electron chi connectivity index (χ3n) is 3.68.